The van der Waals surface area contributed by atoms with E-state index < -0.39 is 5.82 Å². The fourth-order valence-electron chi connectivity index (χ4n) is 1.81. The summed E-state index contributed by atoms with van der Waals surface area (Å²) < 4.78 is 13.3. The minimum atomic E-state index is -0.416. The summed E-state index contributed by atoms with van der Waals surface area (Å²) in [6.07, 6.45) is 0. The highest BCUT2D eigenvalue weighted by atomic mass is 35.5. The second kappa shape index (κ2) is 6.45. The number of carbonyl (C=O) groups is 1. The number of hydrogen-bond acceptors (Lipinski definition) is 3. The van der Waals surface area contributed by atoms with Crippen LogP contribution in [0.4, 0.5) is 21.5 Å². The summed E-state index contributed by atoms with van der Waals surface area (Å²) in [6.45, 7) is 2.36. The van der Waals surface area contributed by atoms with Crippen molar-refractivity contribution in [2.24, 2.45) is 0 Å². The molecule has 21 heavy (non-hydrogen) atoms. The lowest BCUT2D eigenvalue weighted by Gasteiger charge is -2.12. The topological polar surface area (TPSA) is 67.2 Å². The maximum absolute atomic E-state index is 13.3. The highest BCUT2D eigenvalue weighted by Gasteiger charge is 2.09. The molecule has 4 N–H and O–H groups in total. The highest BCUT2D eigenvalue weighted by molar-refractivity contribution is 6.33. The van der Waals surface area contributed by atoms with Crippen molar-refractivity contribution < 1.29 is 9.18 Å². The van der Waals surface area contributed by atoms with E-state index in [1.807, 2.05) is 6.92 Å². The van der Waals surface area contributed by atoms with Crippen LogP contribution in [0.25, 0.3) is 0 Å². The Bertz CT molecular complexity index is 676. The average molecular weight is 308 g/mol. The minimum Gasteiger partial charge on any atom is -0.397 e. The summed E-state index contributed by atoms with van der Waals surface area (Å²) in [5, 5.41) is 6.00. The van der Waals surface area contributed by atoms with Crippen LogP contribution in [0.15, 0.2) is 36.4 Å². The second-order valence-electron chi connectivity index (χ2n) is 4.41. The molecule has 0 bridgehead atoms. The van der Waals surface area contributed by atoms with Gasteiger partial charge in [0.15, 0.2) is 0 Å². The Labute approximate surface area is 127 Å². The van der Waals surface area contributed by atoms with E-state index in [-0.39, 0.29) is 5.91 Å². The summed E-state index contributed by atoms with van der Waals surface area (Å²) >= 11 is 6.00. The number of anilines is 3. The Kier molecular flexibility index (Phi) is 4.65. The van der Waals surface area contributed by atoms with Gasteiger partial charge in [0.1, 0.15) is 5.82 Å². The molecule has 0 unspecified atom stereocenters. The monoisotopic (exact) mass is 307 g/mol. The van der Waals surface area contributed by atoms with Gasteiger partial charge in [-0.1, -0.05) is 11.6 Å². The van der Waals surface area contributed by atoms with E-state index in [1.165, 1.54) is 18.2 Å². The van der Waals surface area contributed by atoms with E-state index in [1.54, 1.807) is 18.2 Å². The number of carbonyl (C=O) groups excluding carboxylic acids is 1. The molecule has 0 aliphatic rings. The smallest absolute Gasteiger partial charge is 0.251 e. The van der Waals surface area contributed by atoms with Crippen molar-refractivity contribution in [2.75, 3.05) is 17.6 Å². The van der Waals surface area contributed by atoms with Gasteiger partial charge in [-0.15, -0.1) is 0 Å². The van der Waals surface area contributed by atoms with Crippen LogP contribution >= 0.6 is 11.6 Å². The van der Waals surface area contributed by atoms with E-state index >= 15 is 0 Å². The van der Waals surface area contributed by atoms with Gasteiger partial charge in [-0.3, -0.25) is 4.79 Å². The van der Waals surface area contributed by atoms with Crippen molar-refractivity contribution >= 4 is 34.6 Å². The van der Waals surface area contributed by atoms with Crippen LogP contribution in [-0.4, -0.2) is 12.5 Å². The summed E-state index contributed by atoms with van der Waals surface area (Å²) in [6, 6.07) is 8.81. The Morgan fingerprint density at radius 1 is 1.24 bits per heavy atom. The van der Waals surface area contributed by atoms with Crippen molar-refractivity contribution in [1.82, 2.24) is 5.32 Å². The van der Waals surface area contributed by atoms with Crippen molar-refractivity contribution in [3.8, 4) is 0 Å². The molecule has 0 aliphatic heterocycles. The molecule has 0 saturated carbocycles. The molecule has 0 saturated heterocycles. The molecule has 2 aromatic carbocycles. The third-order valence-electron chi connectivity index (χ3n) is 2.85. The van der Waals surface area contributed by atoms with Crippen LogP contribution in [0, 0.1) is 5.82 Å². The van der Waals surface area contributed by atoms with Gasteiger partial charge in [0.25, 0.3) is 5.91 Å². The molecular formula is C15H15ClFN3O. The SMILES string of the molecule is CCNC(=O)c1ccc(N)c(Nc2cc(F)ccc2Cl)c1. The zero-order valence-electron chi connectivity index (χ0n) is 11.4. The number of rotatable bonds is 4. The van der Waals surface area contributed by atoms with E-state index in [4.69, 9.17) is 17.3 Å². The maximum atomic E-state index is 13.3. The first-order valence-electron chi connectivity index (χ1n) is 6.41. The highest BCUT2D eigenvalue weighted by Crippen LogP contribution is 2.29. The molecule has 6 heteroatoms. The predicted molar refractivity (Wildman–Crippen MR) is 83.6 cm³/mol. The molecule has 0 spiro atoms. The van der Waals surface area contributed by atoms with Gasteiger partial charge in [0, 0.05) is 12.1 Å². The summed E-state index contributed by atoms with van der Waals surface area (Å²) in [5.41, 5.74) is 7.64. The molecular weight excluding hydrogens is 293 g/mol. The second-order valence-corrected chi connectivity index (χ2v) is 4.82. The molecule has 4 nitrogen and oxygen atoms in total. The molecule has 0 aliphatic carbocycles. The van der Waals surface area contributed by atoms with E-state index in [2.05, 4.69) is 10.6 Å². The van der Waals surface area contributed by atoms with Crippen LogP contribution in [0.5, 0.6) is 0 Å². The third kappa shape index (κ3) is 3.64. The lowest BCUT2D eigenvalue weighted by molar-refractivity contribution is 0.0956. The van der Waals surface area contributed by atoms with E-state index in [9.17, 15) is 9.18 Å². The maximum Gasteiger partial charge on any atom is 0.251 e. The summed E-state index contributed by atoms with van der Waals surface area (Å²) in [4.78, 5) is 11.8. The number of halogens is 2. The number of benzene rings is 2. The van der Waals surface area contributed by atoms with Crippen LogP contribution in [0.1, 0.15) is 17.3 Å². The van der Waals surface area contributed by atoms with Gasteiger partial charge < -0.3 is 16.4 Å². The first-order valence-corrected chi connectivity index (χ1v) is 6.79. The Hall–Kier alpha value is -2.27. The molecule has 1 amide bonds. The fraction of sp³-hybridized carbons (Fsp3) is 0.133. The zero-order valence-corrected chi connectivity index (χ0v) is 12.2. The minimum absolute atomic E-state index is 0.203. The number of nitrogen functional groups attached to an aromatic ring is 1. The predicted octanol–water partition coefficient (Wildman–Crippen LogP) is 3.55. The summed E-state index contributed by atoms with van der Waals surface area (Å²) in [7, 11) is 0. The van der Waals surface area contributed by atoms with Crippen LogP contribution in [0.2, 0.25) is 5.02 Å². The van der Waals surface area contributed by atoms with Gasteiger partial charge in [-0.2, -0.15) is 0 Å². The molecule has 0 heterocycles. The van der Waals surface area contributed by atoms with Gasteiger partial charge in [0.2, 0.25) is 0 Å². The Morgan fingerprint density at radius 2 is 2.00 bits per heavy atom. The van der Waals surface area contributed by atoms with Crippen molar-refractivity contribution in [2.45, 2.75) is 6.92 Å². The van der Waals surface area contributed by atoms with E-state index in [0.29, 0.717) is 34.2 Å². The van der Waals surface area contributed by atoms with Crippen molar-refractivity contribution in [3.63, 3.8) is 0 Å². The Balaban J connectivity index is 2.33. The molecule has 0 radical (unpaired) electrons. The lowest BCUT2D eigenvalue weighted by atomic mass is 10.1. The van der Waals surface area contributed by atoms with Crippen LogP contribution in [-0.2, 0) is 0 Å². The number of amides is 1. The van der Waals surface area contributed by atoms with E-state index in [0.717, 1.165) is 0 Å². The Morgan fingerprint density at radius 3 is 2.71 bits per heavy atom. The normalized spacial score (nSPS) is 10.2. The largest absolute Gasteiger partial charge is 0.397 e. The standard InChI is InChI=1S/C15H15ClFN3O/c1-2-19-15(21)9-3-6-12(18)14(7-9)20-13-8-10(17)4-5-11(13)16/h3-8,20H,2,18H2,1H3,(H,19,21). The van der Waals surface area contributed by atoms with Gasteiger partial charge in [0.05, 0.1) is 22.1 Å². The van der Waals surface area contributed by atoms with Crippen molar-refractivity contribution in [3.05, 3.63) is 52.8 Å². The van der Waals surface area contributed by atoms with Gasteiger partial charge >= 0.3 is 0 Å². The quantitative estimate of drug-likeness (QED) is 0.757. The first-order chi connectivity index (χ1) is 10.0. The number of nitrogens with two attached hydrogens (primary N) is 1. The number of hydrogen-bond donors (Lipinski definition) is 3. The van der Waals surface area contributed by atoms with Gasteiger partial charge in [-0.05, 0) is 43.3 Å². The lowest BCUT2D eigenvalue weighted by Crippen LogP contribution is -2.22. The molecule has 0 atom stereocenters. The zero-order chi connectivity index (χ0) is 15.4. The first kappa shape index (κ1) is 15.1. The van der Waals surface area contributed by atoms with Crippen LogP contribution in [0.3, 0.4) is 0 Å². The summed E-state index contributed by atoms with van der Waals surface area (Å²) in [5.74, 6) is -0.619. The van der Waals surface area contributed by atoms with Crippen molar-refractivity contribution in [1.29, 1.82) is 0 Å². The molecule has 0 fully saturated rings. The molecule has 2 aromatic rings. The molecule has 2 rings (SSSR count). The molecule has 110 valence electrons. The average Bonchev–Trinajstić information content (AvgIpc) is 2.45. The number of nitrogens with one attached hydrogen (secondary N) is 2. The van der Waals surface area contributed by atoms with Gasteiger partial charge in [-0.25, -0.2) is 4.39 Å². The molecule has 0 aromatic heterocycles. The fourth-order valence-corrected chi connectivity index (χ4v) is 1.97. The third-order valence-corrected chi connectivity index (χ3v) is 3.18. The van der Waals surface area contributed by atoms with Crippen LogP contribution < -0.4 is 16.4 Å².